The van der Waals surface area contributed by atoms with Crippen LogP contribution in [0.2, 0.25) is 0 Å². The number of amides is 1. The first-order valence-corrected chi connectivity index (χ1v) is 6.50. The second-order valence-corrected chi connectivity index (χ2v) is 4.93. The summed E-state index contributed by atoms with van der Waals surface area (Å²) < 4.78 is 0. The smallest absolute Gasteiger partial charge is 0.248 e. The van der Waals surface area contributed by atoms with Crippen molar-refractivity contribution >= 4 is 11.9 Å². The Hall–Kier alpha value is -2.17. The summed E-state index contributed by atoms with van der Waals surface area (Å²) in [5.74, 6) is 0.938. The van der Waals surface area contributed by atoms with Crippen molar-refractivity contribution in [2.24, 2.45) is 0 Å². The molecule has 1 heterocycles. The Balaban J connectivity index is 1.66. The Morgan fingerprint density at radius 1 is 1.37 bits per heavy atom. The molecular weight excluding hydrogens is 240 g/mol. The number of aryl methyl sites for hydroxylation is 3. The van der Waals surface area contributed by atoms with E-state index in [4.69, 9.17) is 0 Å². The normalized spacial score (nSPS) is 13.3. The second kappa shape index (κ2) is 4.84. The monoisotopic (exact) mass is 256 g/mol. The first-order chi connectivity index (χ1) is 9.20. The molecule has 5 heteroatoms. The van der Waals surface area contributed by atoms with Gasteiger partial charge in [-0.15, -0.1) is 5.10 Å². The van der Waals surface area contributed by atoms with E-state index < -0.39 is 0 Å². The third-order valence-electron chi connectivity index (χ3n) is 3.38. The Morgan fingerprint density at radius 2 is 2.21 bits per heavy atom. The molecule has 0 atom stereocenters. The van der Waals surface area contributed by atoms with Gasteiger partial charge in [0.2, 0.25) is 11.9 Å². The Bertz CT molecular complexity index is 618. The maximum absolute atomic E-state index is 11.9. The summed E-state index contributed by atoms with van der Waals surface area (Å²) >= 11 is 0. The van der Waals surface area contributed by atoms with Gasteiger partial charge in [-0.05, 0) is 42.9 Å². The molecule has 1 amide bonds. The number of nitrogens with zero attached hydrogens (tertiary/aromatic N) is 2. The van der Waals surface area contributed by atoms with Gasteiger partial charge in [0, 0.05) is 0 Å². The third-order valence-corrected chi connectivity index (χ3v) is 3.38. The van der Waals surface area contributed by atoms with E-state index in [-0.39, 0.29) is 5.91 Å². The van der Waals surface area contributed by atoms with Crippen molar-refractivity contribution in [3.63, 3.8) is 0 Å². The van der Waals surface area contributed by atoms with Crippen molar-refractivity contribution in [1.29, 1.82) is 0 Å². The Labute approximate surface area is 111 Å². The zero-order valence-electron chi connectivity index (χ0n) is 10.9. The van der Waals surface area contributed by atoms with Crippen LogP contribution in [0.4, 0.5) is 5.95 Å². The van der Waals surface area contributed by atoms with Crippen LogP contribution < -0.4 is 5.32 Å². The van der Waals surface area contributed by atoms with E-state index in [1.807, 2.05) is 6.07 Å². The molecular formula is C14H16N4O. The maximum Gasteiger partial charge on any atom is 0.248 e. The number of carbonyl (C=O) groups excluding carboxylic acids is 1. The van der Waals surface area contributed by atoms with Gasteiger partial charge in [0.15, 0.2) is 0 Å². The molecule has 0 radical (unpaired) electrons. The standard InChI is InChI=1S/C14H16N4O/c1-9-15-14(18-17-9)16-13(19)8-10-5-6-11-3-2-4-12(11)7-10/h5-7H,2-4,8H2,1H3,(H2,15,16,17,18,19). The molecule has 1 aromatic heterocycles. The lowest BCUT2D eigenvalue weighted by Gasteiger charge is -2.04. The number of anilines is 1. The molecule has 0 unspecified atom stereocenters. The van der Waals surface area contributed by atoms with Crippen LogP contribution >= 0.6 is 0 Å². The molecule has 0 bridgehead atoms. The van der Waals surface area contributed by atoms with E-state index >= 15 is 0 Å². The third kappa shape index (κ3) is 2.65. The van der Waals surface area contributed by atoms with Crippen LogP contribution in [-0.2, 0) is 24.1 Å². The van der Waals surface area contributed by atoms with Gasteiger partial charge in [-0.25, -0.2) is 0 Å². The summed E-state index contributed by atoms with van der Waals surface area (Å²) in [5, 5.41) is 9.27. The summed E-state index contributed by atoms with van der Waals surface area (Å²) in [6.45, 7) is 1.79. The lowest BCUT2D eigenvalue weighted by molar-refractivity contribution is -0.115. The van der Waals surface area contributed by atoms with Gasteiger partial charge in [0.05, 0.1) is 6.42 Å². The van der Waals surface area contributed by atoms with E-state index in [0.29, 0.717) is 18.2 Å². The minimum absolute atomic E-state index is 0.0862. The van der Waals surface area contributed by atoms with Gasteiger partial charge in [-0.2, -0.15) is 4.98 Å². The van der Waals surface area contributed by atoms with Crippen molar-refractivity contribution in [3.8, 4) is 0 Å². The molecule has 98 valence electrons. The summed E-state index contributed by atoms with van der Waals surface area (Å²) in [4.78, 5) is 15.9. The fraction of sp³-hybridized carbons (Fsp3) is 0.357. The van der Waals surface area contributed by atoms with Crippen molar-refractivity contribution < 1.29 is 4.79 Å². The van der Waals surface area contributed by atoms with E-state index in [9.17, 15) is 4.79 Å². The van der Waals surface area contributed by atoms with Gasteiger partial charge >= 0.3 is 0 Å². The second-order valence-electron chi connectivity index (χ2n) is 4.93. The van der Waals surface area contributed by atoms with Gasteiger partial charge in [0.1, 0.15) is 5.82 Å². The summed E-state index contributed by atoms with van der Waals surface area (Å²) in [5.41, 5.74) is 3.86. The van der Waals surface area contributed by atoms with Crippen LogP contribution in [-0.4, -0.2) is 21.1 Å². The van der Waals surface area contributed by atoms with Crippen LogP contribution in [0.15, 0.2) is 18.2 Å². The predicted octanol–water partition coefficient (Wildman–Crippen LogP) is 1.78. The average molecular weight is 256 g/mol. The molecule has 0 saturated carbocycles. The maximum atomic E-state index is 11.9. The van der Waals surface area contributed by atoms with Gasteiger partial charge in [-0.1, -0.05) is 18.2 Å². The highest BCUT2D eigenvalue weighted by Gasteiger charge is 2.13. The summed E-state index contributed by atoms with van der Waals surface area (Å²) in [7, 11) is 0. The minimum Gasteiger partial charge on any atom is -0.293 e. The van der Waals surface area contributed by atoms with E-state index in [2.05, 4.69) is 32.6 Å². The molecule has 0 spiro atoms. The van der Waals surface area contributed by atoms with Crippen LogP contribution in [0.3, 0.4) is 0 Å². The van der Waals surface area contributed by atoms with Gasteiger partial charge in [-0.3, -0.25) is 15.2 Å². The van der Waals surface area contributed by atoms with E-state index in [1.165, 1.54) is 17.5 Å². The molecule has 0 fully saturated rings. The number of nitrogens with one attached hydrogen (secondary N) is 2. The highest BCUT2D eigenvalue weighted by Crippen LogP contribution is 2.23. The number of aromatic nitrogens is 3. The lowest BCUT2D eigenvalue weighted by atomic mass is 10.0. The molecule has 19 heavy (non-hydrogen) atoms. The van der Waals surface area contributed by atoms with E-state index in [0.717, 1.165) is 18.4 Å². The first kappa shape index (κ1) is 11.9. The largest absolute Gasteiger partial charge is 0.293 e. The van der Waals surface area contributed by atoms with Gasteiger partial charge < -0.3 is 0 Å². The molecule has 2 aromatic rings. The number of fused-ring (bicyclic) bond motifs is 1. The number of aromatic amines is 1. The number of rotatable bonds is 3. The van der Waals surface area contributed by atoms with Crippen molar-refractivity contribution in [3.05, 3.63) is 40.7 Å². The first-order valence-electron chi connectivity index (χ1n) is 6.50. The molecule has 1 aliphatic rings. The van der Waals surface area contributed by atoms with Crippen LogP contribution in [0, 0.1) is 6.92 Å². The molecule has 2 N–H and O–H groups in total. The Kier molecular flexibility index (Phi) is 3.03. The quantitative estimate of drug-likeness (QED) is 0.879. The molecule has 0 aliphatic heterocycles. The molecule has 3 rings (SSSR count). The molecule has 5 nitrogen and oxygen atoms in total. The van der Waals surface area contributed by atoms with Crippen LogP contribution in [0.1, 0.15) is 28.9 Å². The topological polar surface area (TPSA) is 70.7 Å². The average Bonchev–Trinajstić information content (AvgIpc) is 2.97. The number of carbonyl (C=O) groups is 1. The lowest BCUT2D eigenvalue weighted by Crippen LogP contribution is -2.15. The Morgan fingerprint density at radius 3 is 3.00 bits per heavy atom. The van der Waals surface area contributed by atoms with Gasteiger partial charge in [0.25, 0.3) is 0 Å². The SMILES string of the molecule is Cc1nc(NC(=O)Cc2ccc3c(c2)CCC3)n[nH]1. The fourth-order valence-corrected chi connectivity index (χ4v) is 2.49. The van der Waals surface area contributed by atoms with Crippen molar-refractivity contribution in [2.45, 2.75) is 32.6 Å². The molecule has 1 aromatic carbocycles. The summed E-state index contributed by atoms with van der Waals surface area (Å²) in [6.07, 6.45) is 3.88. The zero-order valence-corrected chi connectivity index (χ0v) is 10.9. The van der Waals surface area contributed by atoms with Crippen molar-refractivity contribution in [1.82, 2.24) is 15.2 Å². The molecule has 1 aliphatic carbocycles. The predicted molar refractivity (Wildman–Crippen MR) is 71.9 cm³/mol. The highest BCUT2D eigenvalue weighted by atomic mass is 16.1. The number of hydrogen-bond donors (Lipinski definition) is 2. The van der Waals surface area contributed by atoms with Crippen LogP contribution in [0.25, 0.3) is 0 Å². The van der Waals surface area contributed by atoms with Crippen LogP contribution in [0.5, 0.6) is 0 Å². The zero-order chi connectivity index (χ0) is 13.2. The fourth-order valence-electron chi connectivity index (χ4n) is 2.49. The minimum atomic E-state index is -0.0862. The number of benzene rings is 1. The number of hydrogen-bond acceptors (Lipinski definition) is 3. The van der Waals surface area contributed by atoms with E-state index in [1.54, 1.807) is 6.92 Å². The summed E-state index contributed by atoms with van der Waals surface area (Å²) in [6, 6.07) is 6.32. The van der Waals surface area contributed by atoms with Crippen molar-refractivity contribution in [2.75, 3.05) is 5.32 Å². The molecule has 0 saturated heterocycles. The number of H-pyrrole nitrogens is 1. The highest BCUT2D eigenvalue weighted by molar-refractivity contribution is 5.90.